The molecule has 3 fully saturated rings. The maximum absolute atomic E-state index is 13.0. The highest BCUT2D eigenvalue weighted by Crippen LogP contribution is 2.59. The molecule has 4 atom stereocenters. The maximum atomic E-state index is 13.0. The minimum absolute atomic E-state index is 0.0312. The second-order valence-electron chi connectivity index (χ2n) is 8.90. The first-order chi connectivity index (χ1) is 12.9. The lowest BCUT2D eigenvalue weighted by atomic mass is 9.91. The average Bonchev–Trinajstić information content (AvgIpc) is 3.02. The standard InChI is InChI=1S/C22H30N2O3/c1-14(2)15-5-4-6-17(9-15)22-11-18(22)12-24(13-22)20(25)16-7-8-19(10-16)23-21(26)27-3/h4-6,9,14,16,18-19H,7-8,10-13H2,1-3H3,(H,23,26)/t16-,18+,19?,22-/m1/s1. The molecule has 1 N–H and O–H groups in total. The fraction of sp³-hybridized carbons (Fsp3) is 0.636. The lowest BCUT2D eigenvalue weighted by molar-refractivity contribution is -0.134. The molecule has 0 aromatic heterocycles. The first-order valence-electron chi connectivity index (χ1n) is 10.2. The third-order valence-electron chi connectivity index (χ3n) is 6.87. The van der Waals surface area contributed by atoms with E-state index in [1.807, 2.05) is 0 Å². The van der Waals surface area contributed by atoms with Gasteiger partial charge in [0.05, 0.1) is 7.11 Å². The topological polar surface area (TPSA) is 58.6 Å². The fourth-order valence-corrected chi connectivity index (χ4v) is 5.13. The zero-order chi connectivity index (χ0) is 19.2. The Morgan fingerprint density at radius 1 is 1.30 bits per heavy atom. The van der Waals surface area contributed by atoms with Gasteiger partial charge >= 0.3 is 6.09 Å². The number of carbonyl (C=O) groups is 2. The highest BCUT2D eigenvalue weighted by molar-refractivity contribution is 5.80. The third kappa shape index (κ3) is 3.32. The van der Waals surface area contributed by atoms with Crippen LogP contribution in [0.4, 0.5) is 4.79 Å². The quantitative estimate of drug-likeness (QED) is 0.883. The summed E-state index contributed by atoms with van der Waals surface area (Å²) >= 11 is 0. The molecule has 2 saturated carbocycles. The van der Waals surface area contributed by atoms with E-state index in [1.165, 1.54) is 24.7 Å². The van der Waals surface area contributed by atoms with Gasteiger partial charge in [-0.2, -0.15) is 0 Å². The number of likely N-dealkylation sites (tertiary alicyclic amines) is 1. The van der Waals surface area contributed by atoms with E-state index in [1.54, 1.807) is 0 Å². The Morgan fingerprint density at radius 2 is 2.11 bits per heavy atom. The molecule has 0 spiro atoms. The molecule has 1 aromatic rings. The molecule has 5 nitrogen and oxygen atoms in total. The second kappa shape index (κ2) is 6.84. The summed E-state index contributed by atoms with van der Waals surface area (Å²) < 4.78 is 4.67. The molecule has 1 aromatic carbocycles. The molecule has 27 heavy (non-hydrogen) atoms. The zero-order valence-corrected chi connectivity index (χ0v) is 16.5. The molecule has 5 heteroatoms. The SMILES string of the molecule is COC(=O)NC1CC[C@@H](C(=O)N2C[C@@H]3C[C@]3(c3cccc(C(C)C)c3)C2)C1. The minimum Gasteiger partial charge on any atom is -0.453 e. The van der Waals surface area contributed by atoms with Gasteiger partial charge in [0, 0.05) is 30.5 Å². The third-order valence-corrected chi connectivity index (χ3v) is 6.87. The molecule has 2 aliphatic carbocycles. The first-order valence-corrected chi connectivity index (χ1v) is 10.2. The number of ether oxygens (including phenoxy) is 1. The molecule has 1 heterocycles. The summed E-state index contributed by atoms with van der Waals surface area (Å²) in [6.45, 7) is 6.19. The smallest absolute Gasteiger partial charge is 0.407 e. The van der Waals surface area contributed by atoms with E-state index < -0.39 is 6.09 Å². The van der Waals surface area contributed by atoms with Gasteiger partial charge in [-0.1, -0.05) is 38.1 Å². The number of rotatable bonds is 4. The van der Waals surface area contributed by atoms with Crippen molar-refractivity contribution in [2.45, 2.75) is 56.9 Å². The Morgan fingerprint density at radius 3 is 2.85 bits per heavy atom. The van der Waals surface area contributed by atoms with Gasteiger partial charge in [-0.3, -0.25) is 4.79 Å². The van der Waals surface area contributed by atoms with Crippen LogP contribution in [0.1, 0.15) is 56.6 Å². The second-order valence-corrected chi connectivity index (χ2v) is 8.90. The number of nitrogens with one attached hydrogen (secondary N) is 1. The van der Waals surface area contributed by atoms with Crippen LogP contribution in [0.3, 0.4) is 0 Å². The van der Waals surface area contributed by atoms with Crippen LogP contribution in [-0.2, 0) is 14.9 Å². The number of piperidine rings is 1. The monoisotopic (exact) mass is 370 g/mol. The van der Waals surface area contributed by atoms with E-state index in [0.29, 0.717) is 11.8 Å². The number of nitrogens with zero attached hydrogens (tertiary/aromatic N) is 1. The van der Waals surface area contributed by atoms with E-state index in [-0.39, 0.29) is 23.3 Å². The van der Waals surface area contributed by atoms with Gasteiger partial charge in [0.15, 0.2) is 0 Å². The number of hydrogen-bond acceptors (Lipinski definition) is 3. The highest BCUT2D eigenvalue weighted by Gasteiger charge is 2.62. The predicted molar refractivity (Wildman–Crippen MR) is 104 cm³/mol. The Kier molecular flexibility index (Phi) is 4.65. The Bertz CT molecular complexity index is 747. The molecule has 0 radical (unpaired) electrons. The van der Waals surface area contributed by atoms with Crippen LogP contribution in [0.5, 0.6) is 0 Å². The molecule has 1 saturated heterocycles. The summed E-state index contributed by atoms with van der Waals surface area (Å²) in [6.07, 6.45) is 3.23. The van der Waals surface area contributed by atoms with E-state index in [0.717, 1.165) is 32.4 Å². The van der Waals surface area contributed by atoms with Gasteiger partial charge in [0.2, 0.25) is 5.91 Å². The van der Waals surface area contributed by atoms with Crippen molar-refractivity contribution in [1.29, 1.82) is 0 Å². The van der Waals surface area contributed by atoms with Crippen LogP contribution in [0, 0.1) is 11.8 Å². The largest absolute Gasteiger partial charge is 0.453 e. The summed E-state index contributed by atoms with van der Waals surface area (Å²) in [7, 11) is 1.37. The van der Waals surface area contributed by atoms with Crippen molar-refractivity contribution >= 4 is 12.0 Å². The fourth-order valence-electron chi connectivity index (χ4n) is 5.13. The van der Waals surface area contributed by atoms with E-state index >= 15 is 0 Å². The molecule has 146 valence electrons. The van der Waals surface area contributed by atoms with Crippen LogP contribution >= 0.6 is 0 Å². The lowest BCUT2D eigenvalue weighted by Gasteiger charge is -2.25. The molecule has 0 bridgehead atoms. The number of amides is 2. The average molecular weight is 370 g/mol. The molecule has 1 aliphatic heterocycles. The predicted octanol–water partition coefficient (Wildman–Crippen LogP) is 3.43. The first kappa shape index (κ1) is 18.3. The normalized spacial score (nSPS) is 31.7. The highest BCUT2D eigenvalue weighted by atomic mass is 16.5. The van der Waals surface area contributed by atoms with Crippen molar-refractivity contribution in [2.75, 3.05) is 20.2 Å². The summed E-state index contributed by atoms with van der Waals surface area (Å²) in [4.78, 5) is 26.5. The summed E-state index contributed by atoms with van der Waals surface area (Å²) in [5.41, 5.74) is 2.97. The zero-order valence-electron chi connectivity index (χ0n) is 16.5. The lowest BCUT2D eigenvalue weighted by Crippen LogP contribution is -2.38. The van der Waals surface area contributed by atoms with Gasteiger partial charge in [0.1, 0.15) is 0 Å². The number of carbonyl (C=O) groups excluding carboxylic acids is 2. The van der Waals surface area contributed by atoms with E-state index in [9.17, 15) is 9.59 Å². The van der Waals surface area contributed by atoms with Gasteiger partial charge in [-0.15, -0.1) is 0 Å². The van der Waals surface area contributed by atoms with Gasteiger partial charge in [0.25, 0.3) is 0 Å². The number of fused-ring (bicyclic) bond motifs is 1. The van der Waals surface area contributed by atoms with Crippen LogP contribution in [0.25, 0.3) is 0 Å². The van der Waals surface area contributed by atoms with E-state index in [2.05, 4.69) is 53.1 Å². The van der Waals surface area contributed by atoms with Crippen molar-refractivity contribution < 1.29 is 14.3 Å². The Balaban J connectivity index is 1.40. The summed E-state index contributed by atoms with van der Waals surface area (Å²) in [6, 6.07) is 9.02. The van der Waals surface area contributed by atoms with Crippen molar-refractivity contribution in [3.63, 3.8) is 0 Å². The molecular weight excluding hydrogens is 340 g/mol. The van der Waals surface area contributed by atoms with Crippen molar-refractivity contribution in [2.24, 2.45) is 11.8 Å². The van der Waals surface area contributed by atoms with Gasteiger partial charge in [-0.05, 0) is 48.6 Å². The van der Waals surface area contributed by atoms with Crippen LogP contribution in [0.2, 0.25) is 0 Å². The Hall–Kier alpha value is -2.04. The van der Waals surface area contributed by atoms with Gasteiger partial charge < -0.3 is 15.0 Å². The number of alkyl carbamates (subject to hydrolysis) is 1. The van der Waals surface area contributed by atoms with Gasteiger partial charge in [-0.25, -0.2) is 4.79 Å². The van der Waals surface area contributed by atoms with Crippen molar-refractivity contribution in [3.8, 4) is 0 Å². The van der Waals surface area contributed by atoms with Crippen LogP contribution < -0.4 is 5.32 Å². The summed E-state index contributed by atoms with van der Waals surface area (Å²) in [5, 5.41) is 2.84. The summed E-state index contributed by atoms with van der Waals surface area (Å²) in [5.74, 6) is 1.43. The molecule has 3 aliphatic rings. The van der Waals surface area contributed by atoms with Crippen molar-refractivity contribution in [3.05, 3.63) is 35.4 Å². The Labute approximate surface area is 161 Å². The molecule has 2 amide bonds. The molecule has 1 unspecified atom stereocenters. The van der Waals surface area contributed by atoms with Crippen molar-refractivity contribution in [1.82, 2.24) is 10.2 Å². The van der Waals surface area contributed by atoms with Crippen LogP contribution in [-0.4, -0.2) is 43.1 Å². The van der Waals surface area contributed by atoms with E-state index in [4.69, 9.17) is 0 Å². The number of methoxy groups -OCH3 is 1. The molecular formula is C22H30N2O3. The number of benzene rings is 1. The maximum Gasteiger partial charge on any atom is 0.407 e. The number of hydrogen-bond donors (Lipinski definition) is 1. The minimum atomic E-state index is -0.403. The van der Waals surface area contributed by atoms with Crippen LogP contribution in [0.15, 0.2) is 24.3 Å². The molecule has 4 rings (SSSR count).